The van der Waals surface area contributed by atoms with E-state index < -0.39 is 61.1 Å². The Morgan fingerprint density at radius 1 is 1.12 bits per heavy atom. The van der Waals surface area contributed by atoms with E-state index in [2.05, 4.69) is 15.6 Å². The number of carboxylic acid groups (broad SMARTS) is 1. The number of hydrogen-bond acceptors (Lipinski definition) is 7. The van der Waals surface area contributed by atoms with Crippen LogP contribution in [-0.4, -0.2) is 92.8 Å². The molecule has 2 aromatic rings. The maximum Gasteiger partial charge on any atom is 0.328 e. The molecule has 3 rings (SSSR count). The molecule has 12 heteroatoms. The standard InChI is InChI=1S/C22H29N5O7/c23-14(10-28)21(32)27-7-3-6-18(27)20(31)25-16(19(30)26-17(11-29)22(33)34)8-12-9-24-15-5-2-1-4-13(12)15/h1-2,4-5,9,14,16-18,24,28-29H,3,6-8,10-11,23H2,(H,25,31)(H,26,30)(H,33,34). The number of H-pyrrole nitrogens is 1. The third kappa shape index (κ3) is 5.53. The molecule has 2 heterocycles. The molecule has 12 nitrogen and oxygen atoms in total. The number of nitrogens with one attached hydrogen (secondary N) is 3. The molecule has 4 atom stereocenters. The van der Waals surface area contributed by atoms with Crippen molar-refractivity contribution in [3.8, 4) is 0 Å². The van der Waals surface area contributed by atoms with Gasteiger partial charge in [0, 0.05) is 30.1 Å². The topological polar surface area (TPSA) is 198 Å². The van der Waals surface area contributed by atoms with Gasteiger partial charge in [-0.15, -0.1) is 0 Å². The van der Waals surface area contributed by atoms with Crippen LogP contribution in [-0.2, 0) is 25.6 Å². The van der Waals surface area contributed by atoms with E-state index in [0.29, 0.717) is 18.4 Å². The van der Waals surface area contributed by atoms with Gasteiger partial charge in [-0.25, -0.2) is 4.79 Å². The van der Waals surface area contributed by atoms with E-state index in [4.69, 9.17) is 5.73 Å². The number of likely N-dealkylation sites (tertiary alicyclic amines) is 1. The number of aliphatic carboxylic acids is 1. The van der Waals surface area contributed by atoms with E-state index in [1.807, 2.05) is 24.3 Å². The Morgan fingerprint density at radius 2 is 1.85 bits per heavy atom. The van der Waals surface area contributed by atoms with E-state index in [1.54, 1.807) is 6.20 Å². The molecule has 184 valence electrons. The van der Waals surface area contributed by atoms with Crippen molar-refractivity contribution < 1.29 is 34.5 Å². The number of hydrogen-bond donors (Lipinski definition) is 7. The van der Waals surface area contributed by atoms with Crippen LogP contribution in [0.1, 0.15) is 18.4 Å². The van der Waals surface area contributed by atoms with Crippen LogP contribution in [0.5, 0.6) is 0 Å². The fourth-order valence-electron chi connectivity index (χ4n) is 4.05. The van der Waals surface area contributed by atoms with Gasteiger partial charge in [-0.3, -0.25) is 14.4 Å². The number of aliphatic hydroxyl groups is 2. The van der Waals surface area contributed by atoms with Crippen LogP contribution in [0.3, 0.4) is 0 Å². The van der Waals surface area contributed by atoms with Gasteiger partial charge in [-0.1, -0.05) is 18.2 Å². The van der Waals surface area contributed by atoms with Crippen molar-refractivity contribution in [3.05, 3.63) is 36.0 Å². The highest BCUT2D eigenvalue weighted by atomic mass is 16.4. The number of carbonyl (C=O) groups is 4. The highest BCUT2D eigenvalue weighted by molar-refractivity contribution is 5.95. The first-order valence-electron chi connectivity index (χ1n) is 10.9. The monoisotopic (exact) mass is 475 g/mol. The number of benzene rings is 1. The molecule has 8 N–H and O–H groups in total. The van der Waals surface area contributed by atoms with Crippen LogP contribution < -0.4 is 16.4 Å². The SMILES string of the molecule is NC(CO)C(=O)N1CCCC1C(=O)NC(Cc1c[nH]c2ccccc12)C(=O)NC(CO)C(=O)O. The number of nitrogens with two attached hydrogens (primary N) is 1. The van der Waals surface area contributed by atoms with Gasteiger partial charge >= 0.3 is 5.97 Å². The summed E-state index contributed by atoms with van der Waals surface area (Å²) in [6.07, 6.45) is 2.64. The molecular formula is C22H29N5O7. The summed E-state index contributed by atoms with van der Waals surface area (Å²) in [5.74, 6) is -3.36. The highest BCUT2D eigenvalue weighted by Crippen LogP contribution is 2.21. The number of aromatic amines is 1. The molecule has 0 spiro atoms. The van der Waals surface area contributed by atoms with E-state index in [-0.39, 0.29) is 13.0 Å². The zero-order valence-corrected chi connectivity index (χ0v) is 18.4. The van der Waals surface area contributed by atoms with Gasteiger partial charge in [0.25, 0.3) is 0 Å². The first kappa shape index (κ1) is 25.1. The quantitative estimate of drug-likeness (QED) is 0.206. The molecule has 1 saturated heterocycles. The summed E-state index contributed by atoms with van der Waals surface area (Å²) in [7, 11) is 0. The molecule has 0 aliphatic carbocycles. The van der Waals surface area contributed by atoms with Gasteiger partial charge in [0.05, 0.1) is 13.2 Å². The summed E-state index contributed by atoms with van der Waals surface area (Å²) >= 11 is 0. The molecule has 1 aromatic carbocycles. The third-order valence-corrected chi connectivity index (χ3v) is 5.88. The second-order valence-corrected chi connectivity index (χ2v) is 8.19. The molecule has 1 fully saturated rings. The number of amides is 3. The molecule has 34 heavy (non-hydrogen) atoms. The van der Waals surface area contributed by atoms with Crippen LogP contribution in [0.4, 0.5) is 0 Å². The number of aromatic nitrogens is 1. The van der Waals surface area contributed by atoms with E-state index in [1.165, 1.54) is 4.90 Å². The van der Waals surface area contributed by atoms with Gasteiger partial charge in [0.1, 0.15) is 24.2 Å². The van der Waals surface area contributed by atoms with Gasteiger partial charge in [-0.05, 0) is 24.5 Å². The fraction of sp³-hybridized carbons (Fsp3) is 0.455. The van der Waals surface area contributed by atoms with Gasteiger partial charge in [0.2, 0.25) is 17.7 Å². The van der Waals surface area contributed by atoms with Crippen molar-refractivity contribution in [3.63, 3.8) is 0 Å². The summed E-state index contributed by atoms with van der Waals surface area (Å²) in [6.45, 7) is -1.10. The smallest absolute Gasteiger partial charge is 0.328 e. The van der Waals surface area contributed by atoms with Crippen molar-refractivity contribution in [2.45, 2.75) is 43.4 Å². The lowest BCUT2D eigenvalue weighted by molar-refractivity contribution is -0.144. The predicted molar refractivity (Wildman–Crippen MR) is 120 cm³/mol. The summed E-state index contributed by atoms with van der Waals surface area (Å²) in [4.78, 5) is 54.2. The molecule has 0 radical (unpaired) electrons. The molecule has 1 aliphatic heterocycles. The number of nitrogens with zero attached hydrogens (tertiary/aromatic N) is 1. The lowest BCUT2D eigenvalue weighted by Crippen LogP contribution is -2.57. The van der Waals surface area contributed by atoms with Crippen LogP contribution in [0.2, 0.25) is 0 Å². The lowest BCUT2D eigenvalue weighted by atomic mass is 10.0. The lowest BCUT2D eigenvalue weighted by Gasteiger charge is -2.28. The minimum absolute atomic E-state index is 0.0379. The highest BCUT2D eigenvalue weighted by Gasteiger charge is 2.38. The minimum atomic E-state index is -1.54. The fourth-order valence-corrected chi connectivity index (χ4v) is 4.05. The molecule has 4 unspecified atom stereocenters. The number of carboxylic acids is 1. The van der Waals surface area contributed by atoms with Crippen LogP contribution in [0.25, 0.3) is 10.9 Å². The Bertz CT molecular complexity index is 1060. The molecule has 0 bridgehead atoms. The molecular weight excluding hydrogens is 446 g/mol. The Morgan fingerprint density at radius 3 is 2.53 bits per heavy atom. The van der Waals surface area contributed by atoms with Gasteiger partial charge < -0.3 is 41.6 Å². The normalized spacial score (nSPS) is 18.3. The number of rotatable bonds is 10. The minimum Gasteiger partial charge on any atom is -0.480 e. The summed E-state index contributed by atoms with van der Waals surface area (Å²) in [5, 5.41) is 33.4. The second-order valence-electron chi connectivity index (χ2n) is 8.19. The second kappa shape index (κ2) is 11.1. The third-order valence-electron chi connectivity index (χ3n) is 5.88. The first-order chi connectivity index (χ1) is 16.3. The van der Waals surface area contributed by atoms with E-state index >= 15 is 0 Å². The van der Waals surface area contributed by atoms with Crippen molar-refractivity contribution in [2.24, 2.45) is 5.73 Å². The molecule has 0 saturated carbocycles. The maximum atomic E-state index is 13.1. The zero-order valence-electron chi connectivity index (χ0n) is 18.4. The zero-order chi connectivity index (χ0) is 24.8. The Balaban J connectivity index is 1.82. The summed E-state index contributed by atoms with van der Waals surface area (Å²) in [5.41, 5.74) is 7.17. The number of carbonyl (C=O) groups excluding carboxylic acids is 3. The van der Waals surface area contributed by atoms with Crippen molar-refractivity contribution in [2.75, 3.05) is 19.8 Å². The maximum absolute atomic E-state index is 13.1. The summed E-state index contributed by atoms with van der Waals surface area (Å²) < 4.78 is 0. The number of para-hydroxylation sites is 1. The summed E-state index contributed by atoms with van der Waals surface area (Å²) in [6, 6.07) is 2.62. The van der Waals surface area contributed by atoms with Crippen molar-refractivity contribution >= 4 is 34.6 Å². The average Bonchev–Trinajstić information content (AvgIpc) is 3.48. The largest absolute Gasteiger partial charge is 0.480 e. The number of aliphatic hydroxyl groups excluding tert-OH is 2. The molecule has 1 aromatic heterocycles. The van der Waals surface area contributed by atoms with Crippen LogP contribution >= 0.6 is 0 Å². The molecule has 1 aliphatic rings. The van der Waals surface area contributed by atoms with E-state index in [9.17, 15) is 34.5 Å². The van der Waals surface area contributed by atoms with Crippen LogP contribution in [0, 0.1) is 0 Å². The Kier molecular flexibility index (Phi) is 8.21. The predicted octanol–water partition coefficient (Wildman–Crippen LogP) is -1.93. The van der Waals surface area contributed by atoms with Gasteiger partial charge in [0.15, 0.2) is 0 Å². The van der Waals surface area contributed by atoms with Crippen LogP contribution in [0.15, 0.2) is 30.5 Å². The average molecular weight is 476 g/mol. The first-order valence-corrected chi connectivity index (χ1v) is 10.9. The Hall–Kier alpha value is -3.48. The Labute approximate surface area is 195 Å². The van der Waals surface area contributed by atoms with Gasteiger partial charge in [-0.2, -0.15) is 0 Å². The van der Waals surface area contributed by atoms with Crippen molar-refractivity contribution in [1.29, 1.82) is 0 Å². The molecule has 3 amide bonds. The van der Waals surface area contributed by atoms with E-state index in [0.717, 1.165) is 10.9 Å². The number of fused-ring (bicyclic) bond motifs is 1. The van der Waals surface area contributed by atoms with Crippen molar-refractivity contribution in [1.82, 2.24) is 20.5 Å².